The Bertz CT molecular complexity index is 622. The van der Waals surface area contributed by atoms with Gasteiger partial charge in [-0.2, -0.15) is 0 Å². The molecule has 0 spiro atoms. The predicted octanol–water partition coefficient (Wildman–Crippen LogP) is 2.66. The van der Waals surface area contributed by atoms with Crippen molar-refractivity contribution in [3.05, 3.63) is 53.2 Å². The summed E-state index contributed by atoms with van der Waals surface area (Å²) >= 11 is 0. The minimum absolute atomic E-state index is 0.294. The minimum Gasteiger partial charge on any atom is -0.389 e. The van der Waals surface area contributed by atoms with E-state index in [4.69, 9.17) is 4.84 Å². The average molecular weight is 372 g/mol. The molecule has 3 rings (SSSR count). The van der Waals surface area contributed by atoms with Crippen LogP contribution in [-0.4, -0.2) is 67.4 Å². The number of nitrogens with one attached hydrogen (secondary N) is 1. The van der Waals surface area contributed by atoms with Crippen LogP contribution in [-0.2, 0) is 4.84 Å². The van der Waals surface area contributed by atoms with Gasteiger partial charge in [-0.3, -0.25) is 15.2 Å². The van der Waals surface area contributed by atoms with Crippen molar-refractivity contribution < 1.29 is 9.94 Å². The number of aliphatic hydroxyl groups excluding tert-OH is 1. The molecule has 5 heteroatoms. The van der Waals surface area contributed by atoms with Crippen LogP contribution in [0, 0.1) is 0 Å². The molecular weight excluding hydrogens is 338 g/mol. The highest BCUT2D eigenvalue weighted by Gasteiger charge is 2.17. The Balaban J connectivity index is 1.49. The molecule has 0 bridgehead atoms. The molecule has 5 nitrogen and oxygen atoms in total. The number of β-amino-alcohol motifs (C(OH)–C–C–N with tert-alkyl or cyclic N) is 1. The lowest BCUT2D eigenvalue weighted by Crippen LogP contribution is -2.47. The molecule has 148 valence electrons. The number of nitrogens with zero attached hydrogens (tertiary/aromatic N) is 2. The van der Waals surface area contributed by atoms with Gasteiger partial charge in [0, 0.05) is 32.7 Å². The summed E-state index contributed by atoms with van der Waals surface area (Å²) in [5.74, 6) is 0. The summed E-state index contributed by atoms with van der Waals surface area (Å²) in [6.45, 7) is 5.11. The van der Waals surface area contributed by atoms with E-state index in [0.717, 1.165) is 44.7 Å². The van der Waals surface area contributed by atoms with Gasteiger partial charge in [-0.05, 0) is 49.9 Å². The number of likely N-dealkylation sites (N-methyl/N-ethyl adjacent to an activating group) is 1. The number of rotatable bonds is 7. The second kappa shape index (κ2) is 10.6. The maximum atomic E-state index is 10.3. The van der Waals surface area contributed by atoms with Crippen molar-refractivity contribution in [2.45, 2.75) is 31.8 Å². The van der Waals surface area contributed by atoms with Gasteiger partial charge in [-0.1, -0.05) is 36.4 Å². The van der Waals surface area contributed by atoms with E-state index in [2.05, 4.69) is 58.7 Å². The summed E-state index contributed by atoms with van der Waals surface area (Å²) in [6, 6.07) is 10.4. The molecule has 0 aromatic heterocycles. The third kappa shape index (κ3) is 6.78. The van der Waals surface area contributed by atoms with Crippen molar-refractivity contribution >= 4 is 6.08 Å². The summed E-state index contributed by atoms with van der Waals surface area (Å²) in [5.41, 5.74) is 6.63. The quantitative estimate of drug-likeness (QED) is 0.722. The molecule has 0 amide bonds. The summed E-state index contributed by atoms with van der Waals surface area (Å²) in [4.78, 5) is 10.3. The van der Waals surface area contributed by atoms with Gasteiger partial charge in [0.2, 0.25) is 0 Å². The molecule has 0 radical (unpaired) electrons. The largest absolute Gasteiger partial charge is 0.389 e. The molecule has 1 aromatic rings. The van der Waals surface area contributed by atoms with Gasteiger partial charge < -0.3 is 10.0 Å². The van der Waals surface area contributed by atoms with E-state index in [1.165, 1.54) is 24.0 Å². The molecule has 2 aliphatic rings. The monoisotopic (exact) mass is 371 g/mol. The van der Waals surface area contributed by atoms with Crippen LogP contribution in [0.4, 0.5) is 0 Å². The fourth-order valence-corrected chi connectivity index (χ4v) is 3.58. The Morgan fingerprint density at radius 3 is 2.70 bits per heavy atom. The van der Waals surface area contributed by atoms with Crippen molar-refractivity contribution in [1.82, 2.24) is 15.3 Å². The summed E-state index contributed by atoms with van der Waals surface area (Å²) in [7, 11) is 2.14. The first-order valence-corrected chi connectivity index (χ1v) is 10.1. The van der Waals surface area contributed by atoms with Crippen LogP contribution in [0.25, 0.3) is 6.08 Å². The number of benzene rings is 1. The molecule has 2 N–H and O–H groups in total. The summed E-state index contributed by atoms with van der Waals surface area (Å²) in [5, 5.41) is 10.3. The molecule has 0 saturated carbocycles. The maximum Gasteiger partial charge on any atom is 0.102 e. The number of hydrogen-bond donors (Lipinski definition) is 2. The number of hydrogen-bond acceptors (Lipinski definition) is 5. The maximum absolute atomic E-state index is 10.3. The highest BCUT2D eigenvalue weighted by molar-refractivity contribution is 5.58. The molecule has 1 saturated heterocycles. The molecule has 1 fully saturated rings. The van der Waals surface area contributed by atoms with E-state index < -0.39 is 6.10 Å². The van der Waals surface area contributed by atoms with Crippen molar-refractivity contribution in [2.75, 3.05) is 46.4 Å². The second-order valence-corrected chi connectivity index (χ2v) is 7.61. The second-order valence-electron chi connectivity index (χ2n) is 7.61. The topological polar surface area (TPSA) is 48.0 Å². The average Bonchev–Trinajstić information content (AvgIpc) is 2.90. The van der Waals surface area contributed by atoms with Crippen LogP contribution in [0.3, 0.4) is 0 Å². The molecule has 0 unspecified atom stereocenters. The SMILES string of the molecule is CN1CCN(C[C@H](O)CONC2=CCCCCC2=Cc2ccccc2)CC1. The molecule has 1 atom stereocenters. The van der Waals surface area contributed by atoms with Crippen molar-refractivity contribution in [1.29, 1.82) is 0 Å². The van der Waals surface area contributed by atoms with Gasteiger partial charge in [0.25, 0.3) is 0 Å². The van der Waals surface area contributed by atoms with Crippen molar-refractivity contribution in [3.63, 3.8) is 0 Å². The van der Waals surface area contributed by atoms with E-state index in [-0.39, 0.29) is 0 Å². The van der Waals surface area contributed by atoms with Crippen LogP contribution >= 0.6 is 0 Å². The van der Waals surface area contributed by atoms with E-state index in [0.29, 0.717) is 13.2 Å². The van der Waals surface area contributed by atoms with Crippen molar-refractivity contribution in [3.8, 4) is 0 Å². The standard InChI is InChI=1S/C22H33N3O2/c1-24-12-14-25(15-13-24)17-21(26)18-27-23-22-11-7-3-6-10-20(22)16-19-8-4-2-5-9-19/h2,4-5,8-9,11,16,21,23,26H,3,6-7,10,12-15,17-18H2,1H3/t21-/m0/s1. The van der Waals surface area contributed by atoms with Gasteiger partial charge in [-0.25, -0.2) is 0 Å². The first-order valence-electron chi connectivity index (χ1n) is 10.1. The van der Waals surface area contributed by atoms with Crippen LogP contribution in [0.2, 0.25) is 0 Å². The number of allylic oxidation sites excluding steroid dienone is 2. The van der Waals surface area contributed by atoms with Crippen LogP contribution in [0.15, 0.2) is 47.7 Å². The lowest BCUT2D eigenvalue weighted by Gasteiger charge is -2.33. The molecule has 1 aromatic carbocycles. The van der Waals surface area contributed by atoms with Crippen LogP contribution < -0.4 is 5.48 Å². The highest BCUT2D eigenvalue weighted by atomic mass is 16.6. The lowest BCUT2D eigenvalue weighted by molar-refractivity contribution is -0.0221. The van der Waals surface area contributed by atoms with Crippen LogP contribution in [0.1, 0.15) is 31.2 Å². The van der Waals surface area contributed by atoms with E-state index in [1.807, 2.05) is 6.07 Å². The Labute approximate surface area is 163 Å². The molecule has 1 heterocycles. The summed E-state index contributed by atoms with van der Waals surface area (Å²) in [6.07, 6.45) is 8.45. The van der Waals surface area contributed by atoms with E-state index >= 15 is 0 Å². The number of aliphatic hydroxyl groups is 1. The van der Waals surface area contributed by atoms with Crippen molar-refractivity contribution in [2.24, 2.45) is 0 Å². The fraction of sp³-hybridized carbons (Fsp3) is 0.545. The number of piperazine rings is 1. The normalized spacial score (nSPS) is 22.3. The highest BCUT2D eigenvalue weighted by Crippen LogP contribution is 2.24. The number of hydroxylamine groups is 1. The van der Waals surface area contributed by atoms with E-state index in [9.17, 15) is 5.11 Å². The Morgan fingerprint density at radius 1 is 1.15 bits per heavy atom. The zero-order valence-corrected chi connectivity index (χ0v) is 16.4. The van der Waals surface area contributed by atoms with Gasteiger partial charge in [-0.15, -0.1) is 0 Å². The first kappa shape index (κ1) is 20.1. The van der Waals surface area contributed by atoms with Gasteiger partial charge >= 0.3 is 0 Å². The predicted molar refractivity (Wildman–Crippen MR) is 110 cm³/mol. The molecule has 1 aliphatic carbocycles. The third-order valence-electron chi connectivity index (χ3n) is 5.26. The first-order chi connectivity index (χ1) is 13.2. The van der Waals surface area contributed by atoms with Gasteiger partial charge in [0.15, 0.2) is 0 Å². The molecule has 1 aliphatic heterocycles. The zero-order chi connectivity index (χ0) is 18.9. The zero-order valence-electron chi connectivity index (χ0n) is 16.4. The van der Waals surface area contributed by atoms with E-state index in [1.54, 1.807) is 0 Å². The Hall–Kier alpha value is -1.66. The van der Waals surface area contributed by atoms with Gasteiger partial charge in [0.05, 0.1) is 11.8 Å². The smallest absolute Gasteiger partial charge is 0.102 e. The Kier molecular flexibility index (Phi) is 7.90. The molecular formula is C22H33N3O2. The summed E-state index contributed by atoms with van der Waals surface area (Å²) < 4.78 is 0. The molecule has 27 heavy (non-hydrogen) atoms. The van der Waals surface area contributed by atoms with Gasteiger partial charge in [0.1, 0.15) is 6.61 Å². The van der Waals surface area contributed by atoms with Crippen LogP contribution in [0.5, 0.6) is 0 Å². The lowest BCUT2D eigenvalue weighted by atomic mass is 10.0. The minimum atomic E-state index is -0.478. The Morgan fingerprint density at radius 2 is 1.93 bits per heavy atom. The fourth-order valence-electron chi connectivity index (χ4n) is 3.58. The third-order valence-corrected chi connectivity index (χ3v) is 5.26.